The number of aryl methyl sites for hydroxylation is 1. The number of carboxylic acid groups (broad SMARTS) is 1. The monoisotopic (exact) mass is 405 g/mol. The van der Waals surface area contributed by atoms with Crippen LogP contribution in [0, 0.1) is 0 Å². The summed E-state index contributed by atoms with van der Waals surface area (Å²) in [6.45, 7) is 1.39. The van der Waals surface area contributed by atoms with Crippen molar-refractivity contribution in [2.45, 2.75) is 31.7 Å². The number of amides is 1. The molecule has 0 bridgehead atoms. The minimum absolute atomic E-state index is 0.159. The number of aromatic nitrogens is 4. The molecule has 1 fully saturated rings. The number of likely N-dealkylation sites (tertiary alicyclic amines) is 1. The highest BCUT2D eigenvalue weighted by Crippen LogP contribution is 2.24. The van der Waals surface area contributed by atoms with Gasteiger partial charge in [0.25, 0.3) is 0 Å². The molecule has 1 aliphatic rings. The van der Waals surface area contributed by atoms with Gasteiger partial charge < -0.3 is 10.0 Å². The van der Waals surface area contributed by atoms with Crippen molar-refractivity contribution in [3.63, 3.8) is 0 Å². The first-order valence-electron chi connectivity index (χ1n) is 10.0. The molecule has 4 rings (SSSR count). The quantitative estimate of drug-likeness (QED) is 0.677. The van der Waals surface area contributed by atoms with Crippen LogP contribution in [0.4, 0.5) is 0 Å². The van der Waals surface area contributed by atoms with Crippen molar-refractivity contribution < 1.29 is 14.7 Å². The molecule has 2 aromatic heterocycles. The summed E-state index contributed by atoms with van der Waals surface area (Å²) in [5, 5.41) is 17.5. The van der Waals surface area contributed by atoms with E-state index >= 15 is 0 Å². The molecule has 3 aromatic rings. The molecule has 0 unspecified atom stereocenters. The first-order chi connectivity index (χ1) is 14.6. The normalized spacial score (nSPS) is 14.6. The van der Waals surface area contributed by atoms with Crippen LogP contribution < -0.4 is 0 Å². The number of pyridine rings is 1. The summed E-state index contributed by atoms with van der Waals surface area (Å²) in [6.07, 6.45) is 6.15. The number of carbonyl (C=O) groups excluding carboxylic acids is 1. The Labute approximate surface area is 174 Å². The fourth-order valence-electron chi connectivity index (χ4n) is 3.71. The highest BCUT2D eigenvalue weighted by atomic mass is 16.4. The zero-order valence-corrected chi connectivity index (χ0v) is 16.5. The minimum atomic E-state index is -1.00. The maximum Gasteiger partial charge on any atom is 0.335 e. The van der Waals surface area contributed by atoms with Crippen LogP contribution in [0.1, 0.15) is 41.2 Å². The van der Waals surface area contributed by atoms with Crippen LogP contribution in [0.25, 0.3) is 11.4 Å². The van der Waals surface area contributed by atoms with E-state index in [1.54, 1.807) is 10.9 Å². The van der Waals surface area contributed by atoms with E-state index in [1.807, 2.05) is 35.2 Å². The number of hydrogen-bond donors (Lipinski definition) is 1. The SMILES string of the molecule is O=C(O)c1ccnc(-c2cn(C3CCN(C(=O)CCc4ccccc4)CC3)nn2)c1. The lowest BCUT2D eigenvalue weighted by Crippen LogP contribution is -2.39. The van der Waals surface area contributed by atoms with E-state index in [0.717, 1.165) is 19.3 Å². The van der Waals surface area contributed by atoms with Gasteiger partial charge in [-0.25, -0.2) is 9.48 Å². The highest BCUT2D eigenvalue weighted by Gasteiger charge is 2.24. The van der Waals surface area contributed by atoms with Crippen molar-refractivity contribution in [1.29, 1.82) is 0 Å². The zero-order valence-electron chi connectivity index (χ0n) is 16.5. The molecule has 3 heterocycles. The second kappa shape index (κ2) is 8.86. The van der Waals surface area contributed by atoms with Crippen LogP contribution in [-0.4, -0.2) is 55.0 Å². The van der Waals surface area contributed by atoms with Crippen molar-refractivity contribution in [2.75, 3.05) is 13.1 Å². The first kappa shape index (κ1) is 19.8. The third kappa shape index (κ3) is 4.53. The Balaban J connectivity index is 1.33. The Kier molecular flexibility index (Phi) is 5.83. The molecule has 1 N–H and O–H groups in total. The molecule has 0 spiro atoms. The fraction of sp³-hybridized carbons (Fsp3) is 0.318. The standard InChI is InChI=1S/C22H23N5O3/c28-21(7-6-16-4-2-1-3-5-16)26-12-9-18(10-13-26)27-15-20(24-25-27)19-14-17(22(29)30)8-11-23-19/h1-5,8,11,14-15,18H,6-7,9-10,12-13H2,(H,29,30). The number of aromatic carboxylic acids is 1. The molecule has 1 aromatic carbocycles. The van der Waals surface area contributed by atoms with E-state index in [0.29, 0.717) is 30.9 Å². The van der Waals surface area contributed by atoms with Gasteiger partial charge in [-0.15, -0.1) is 5.10 Å². The van der Waals surface area contributed by atoms with Crippen LogP contribution in [0.2, 0.25) is 0 Å². The van der Waals surface area contributed by atoms with Gasteiger partial charge in [0, 0.05) is 25.7 Å². The lowest BCUT2D eigenvalue weighted by molar-refractivity contribution is -0.132. The summed E-state index contributed by atoms with van der Waals surface area (Å²) in [4.78, 5) is 29.8. The maximum atomic E-state index is 12.5. The van der Waals surface area contributed by atoms with Crippen LogP contribution in [0.3, 0.4) is 0 Å². The van der Waals surface area contributed by atoms with Crippen LogP contribution >= 0.6 is 0 Å². The zero-order chi connectivity index (χ0) is 20.9. The highest BCUT2D eigenvalue weighted by molar-refractivity contribution is 5.88. The summed E-state index contributed by atoms with van der Waals surface area (Å²) in [6, 6.07) is 13.1. The topological polar surface area (TPSA) is 101 Å². The molecular formula is C22H23N5O3. The number of carbonyl (C=O) groups is 2. The Morgan fingerprint density at radius 1 is 1.07 bits per heavy atom. The van der Waals surface area contributed by atoms with E-state index in [2.05, 4.69) is 15.3 Å². The molecule has 1 aliphatic heterocycles. The van der Waals surface area contributed by atoms with Crippen LogP contribution in [-0.2, 0) is 11.2 Å². The van der Waals surface area contributed by atoms with Gasteiger partial charge in [0.1, 0.15) is 5.69 Å². The average molecular weight is 405 g/mol. The van der Waals surface area contributed by atoms with Gasteiger partial charge in [-0.2, -0.15) is 0 Å². The van der Waals surface area contributed by atoms with Crippen molar-refractivity contribution in [3.05, 3.63) is 66.0 Å². The lowest BCUT2D eigenvalue weighted by Gasteiger charge is -2.32. The molecular weight excluding hydrogens is 382 g/mol. The Morgan fingerprint density at radius 2 is 1.83 bits per heavy atom. The molecule has 0 saturated carbocycles. The minimum Gasteiger partial charge on any atom is -0.478 e. The summed E-state index contributed by atoms with van der Waals surface area (Å²) >= 11 is 0. The molecule has 8 nitrogen and oxygen atoms in total. The third-order valence-electron chi connectivity index (χ3n) is 5.44. The summed E-state index contributed by atoms with van der Waals surface area (Å²) < 4.78 is 1.80. The number of carboxylic acids is 1. The molecule has 0 atom stereocenters. The maximum absolute atomic E-state index is 12.5. The van der Waals surface area contributed by atoms with Gasteiger partial charge in [-0.1, -0.05) is 35.5 Å². The van der Waals surface area contributed by atoms with E-state index in [4.69, 9.17) is 5.11 Å². The first-order valence-corrected chi connectivity index (χ1v) is 10.0. The lowest BCUT2D eigenvalue weighted by atomic mass is 10.0. The summed E-state index contributed by atoms with van der Waals surface area (Å²) in [5.74, 6) is -0.818. The van der Waals surface area contributed by atoms with E-state index in [-0.39, 0.29) is 17.5 Å². The number of nitrogens with zero attached hydrogens (tertiary/aromatic N) is 5. The molecule has 154 valence electrons. The van der Waals surface area contributed by atoms with Gasteiger partial charge in [-0.05, 0) is 37.0 Å². The smallest absolute Gasteiger partial charge is 0.335 e. The van der Waals surface area contributed by atoms with Crippen LogP contribution in [0.5, 0.6) is 0 Å². The molecule has 30 heavy (non-hydrogen) atoms. The number of benzene rings is 1. The second-order valence-electron chi connectivity index (χ2n) is 7.42. The van der Waals surface area contributed by atoms with Crippen molar-refractivity contribution >= 4 is 11.9 Å². The second-order valence-corrected chi connectivity index (χ2v) is 7.42. The van der Waals surface area contributed by atoms with Crippen molar-refractivity contribution in [2.24, 2.45) is 0 Å². The number of rotatable bonds is 6. The van der Waals surface area contributed by atoms with E-state index < -0.39 is 5.97 Å². The van der Waals surface area contributed by atoms with Gasteiger partial charge in [0.05, 0.1) is 23.5 Å². The Hall–Kier alpha value is -3.55. The third-order valence-corrected chi connectivity index (χ3v) is 5.44. The van der Waals surface area contributed by atoms with E-state index in [1.165, 1.54) is 23.9 Å². The van der Waals surface area contributed by atoms with Crippen LogP contribution in [0.15, 0.2) is 54.9 Å². The molecule has 0 aliphatic carbocycles. The van der Waals surface area contributed by atoms with Crippen molar-refractivity contribution in [1.82, 2.24) is 24.9 Å². The average Bonchev–Trinajstić information content (AvgIpc) is 3.29. The van der Waals surface area contributed by atoms with Gasteiger partial charge in [0.15, 0.2) is 0 Å². The molecule has 1 amide bonds. The summed E-state index contributed by atoms with van der Waals surface area (Å²) in [7, 11) is 0. The number of hydrogen-bond acceptors (Lipinski definition) is 5. The van der Waals surface area contributed by atoms with Gasteiger partial charge in [-0.3, -0.25) is 9.78 Å². The van der Waals surface area contributed by atoms with Crippen molar-refractivity contribution in [3.8, 4) is 11.4 Å². The predicted octanol–water partition coefficient (Wildman–Crippen LogP) is 2.83. The molecule has 1 saturated heterocycles. The van der Waals surface area contributed by atoms with E-state index in [9.17, 15) is 9.59 Å². The Morgan fingerprint density at radius 3 is 2.57 bits per heavy atom. The number of piperidine rings is 1. The molecule has 0 radical (unpaired) electrons. The largest absolute Gasteiger partial charge is 0.478 e. The van der Waals surface area contributed by atoms with Gasteiger partial charge >= 0.3 is 5.97 Å². The molecule has 8 heteroatoms. The Bertz CT molecular complexity index is 1030. The van der Waals surface area contributed by atoms with Gasteiger partial charge in [0.2, 0.25) is 5.91 Å². The summed E-state index contributed by atoms with van der Waals surface area (Å²) in [5.41, 5.74) is 2.36. The predicted molar refractivity (Wildman–Crippen MR) is 110 cm³/mol. The fourth-order valence-corrected chi connectivity index (χ4v) is 3.71.